The number of methoxy groups -OCH3 is 2. The molecule has 0 spiro atoms. The third kappa shape index (κ3) is 6.70. The summed E-state index contributed by atoms with van der Waals surface area (Å²) in [5.41, 5.74) is 0.859. The highest BCUT2D eigenvalue weighted by molar-refractivity contribution is 7.89. The van der Waals surface area contributed by atoms with E-state index in [4.69, 9.17) is 9.47 Å². The van der Waals surface area contributed by atoms with E-state index in [-0.39, 0.29) is 22.6 Å². The highest BCUT2D eigenvalue weighted by Gasteiger charge is 2.25. The van der Waals surface area contributed by atoms with Crippen LogP contribution in [0.3, 0.4) is 0 Å². The number of anilines is 1. The molecule has 0 aromatic heterocycles. The zero-order valence-electron chi connectivity index (χ0n) is 19.0. The van der Waals surface area contributed by atoms with Crippen molar-refractivity contribution in [2.24, 2.45) is 11.8 Å². The molecule has 0 atom stereocenters. The Kier molecular flexibility index (Phi) is 8.47. The summed E-state index contributed by atoms with van der Waals surface area (Å²) in [6, 6.07) is 11.1. The summed E-state index contributed by atoms with van der Waals surface area (Å²) in [5, 5.41) is 2.77. The molecule has 2 aromatic rings. The van der Waals surface area contributed by atoms with Crippen molar-refractivity contribution >= 4 is 21.6 Å². The Morgan fingerprint density at radius 1 is 0.903 bits per heavy atom. The number of rotatable bonds is 10. The fraction of sp³-hybridized carbons (Fsp3) is 0.435. The van der Waals surface area contributed by atoms with Crippen LogP contribution in [0.5, 0.6) is 11.5 Å². The van der Waals surface area contributed by atoms with Gasteiger partial charge in [-0.1, -0.05) is 27.7 Å². The van der Waals surface area contributed by atoms with Gasteiger partial charge in [0.1, 0.15) is 11.5 Å². The molecule has 1 amide bonds. The van der Waals surface area contributed by atoms with Crippen molar-refractivity contribution in [1.29, 1.82) is 0 Å². The molecule has 0 radical (unpaired) electrons. The number of amides is 1. The Hall–Kier alpha value is -2.58. The molecule has 0 bridgehead atoms. The lowest BCUT2D eigenvalue weighted by atomic mass is 10.2. The van der Waals surface area contributed by atoms with E-state index in [0.29, 0.717) is 35.8 Å². The van der Waals surface area contributed by atoms with Crippen LogP contribution in [-0.2, 0) is 10.0 Å². The molecule has 170 valence electrons. The molecule has 0 aliphatic heterocycles. The average molecular weight is 449 g/mol. The van der Waals surface area contributed by atoms with Crippen molar-refractivity contribution in [2.45, 2.75) is 32.6 Å². The highest BCUT2D eigenvalue weighted by Crippen LogP contribution is 2.24. The first kappa shape index (κ1) is 24.7. The molecule has 2 aromatic carbocycles. The minimum atomic E-state index is -3.62. The van der Waals surface area contributed by atoms with Gasteiger partial charge < -0.3 is 14.8 Å². The van der Waals surface area contributed by atoms with Crippen molar-refractivity contribution in [3.63, 3.8) is 0 Å². The van der Waals surface area contributed by atoms with E-state index in [1.807, 2.05) is 27.7 Å². The quantitative estimate of drug-likeness (QED) is 0.587. The number of carbonyl (C=O) groups excluding carboxylic acids is 1. The van der Waals surface area contributed by atoms with Gasteiger partial charge in [-0.25, -0.2) is 8.42 Å². The van der Waals surface area contributed by atoms with Gasteiger partial charge in [-0.2, -0.15) is 4.31 Å². The maximum atomic E-state index is 13.1. The number of ether oxygens (including phenoxy) is 2. The molecule has 0 aliphatic rings. The predicted molar refractivity (Wildman–Crippen MR) is 122 cm³/mol. The van der Waals surface area contributed by atoms with Crippen LogP contribution < -0.4 is 14.8 Å². The van der Waals surface area contributed by atoms with Crippen LogP contribution in [0.4, 0.5) is 5.69 Å². The number of sulfonamides is 1. The molecule has 0 heterocycles. The third-order valence-electron chi connectivity index (χ3n) is 4.50. The van der Waals surface area contributed by atoms with Gasteiger partial charge in [0.15, 0.2) is 0 Å². The van der Waals surface area contributed by atoms with Crippen molar-refractivity contribution in [1.82, 2.24) is 4.31 Å². The summed E-state index contributed by atoms with van der Waals surface area (Å²) in [6.45, 7) is 8.89. The van der Waals surface area contributed by atoms with Crippen LogP contribution in [0.25, 0.3) is 0 Å². The van der Waals surface area contributed by atoms with Crippen molar-refractivity contribution in [3.8, 4) is 11.5 Å². The molecule has 0 unspecified atom stereocenters. The molecule has 2 rings (SSSR count). The lowest BCUT2D eigenvalue weighted by Gasteiger charge is -2.25. The maximum absolute atomic E-state index is 13.1. The molecule has 8 heteroatoms. The second kappa shape index (κ2) is 10.6. The first-order valence-electron chi connectivity index (χ1n) is 10.2. The fourth-order valence-electron chi connectivity index (χ4n) is 3.09. The van der Waals surface area contributed by atoms with Gasteiger partial charge in [-0.3, -0.25) is 4.79 Å². The SMILES string of the molecule is COc1cc(OC)cc(C(=O)Nc2ccc(S(=O)(=O)N(CC(C)C)CC(C)C)cc2)c1. The summed E-state index contributed by atoms with van der Waals surface area (Å²) >= 11 is 0. The lowest BCUT2D eigenvalue weighted by molar-refractivity contribution is 0.102. The van der Waals surface area contributed by atoms with Gasteiger partial charge in [-0.05, 0) is 48.2 Å². The summed E-state index contributed by atoms with van der Waals surface area (Å²) in [7, 11) is -0.596. The molecule has 7 nitrogen and oxygen atoms in total. The number of nitrogens with one attached hydrogen (secondary N) is 1. The van der Waals surface area contributed by atoms with E-state index in [1.54, 1.807) is 30.3 Å². The zero-order chi connectivity index (χ0) is 23.2. The van der Waals surface area contributed by atoms with E-state index < -0.39 is 10.0 Å². The number of hydrogen-bond acceptors (Lipinski definition) is 5. The maximum Gasteiger partial charge on any atom is 0.255 e. The van der Waals surface area contributed by atoms with Gasteiger partial charge in [0.2, 0.25) is 10.0 Å². The summed E-state index contributed by atoms with van der Waals surface area (Å²) in [6.07, 6.45) is 0. The monoisotopic (exact) mass is 448 g/mol. The van der Waals surface area contributed by atoms with Crippen LogP contribution >= 0.6 is 0 Å². The molecule has 0 saturated heterocycles. The first-order valence-corrected chi connectivity index (χ1v) is 11.7. The molecular formula is C23H32N2O5S. The van der Waals surface area contributed by atoms with E-state index in [0.717, 1.165) is 0 Å². The minimum Gasteiger partial charge on any atom is -0.497 e. The number of benzene rings is 2. The van der Waals surface area contributed by atoms with E-state index in [2.05, 4.69) is 5.32 Å². The minimum absolute atomic E-state index is 0.204. The Bertz CT molecular complexity index is 953. The fourth-order valence-corrected chi connectivity index (χ4v) is 4.85. The molecular weight excluding hydrogens is 416 g/mol. The Labute approximate surface area is 185 Å². The van der Waals surface area contributed by atoms with Gasteiger partial charge in [0.25, 0.3) is 5.91 Å². The Balaban J connectivity index is 2.22. The highest BCUT2D eigenvalue weighted by atomic mass is 32.2. The number of carbonyl (C=O) groups is 1. The lowest BCUT2D eigenvalue weighted by Crippen LogP contribution is -2.37. The van der Waals surface area contributed by atoms with Gasteiger partial charge in [0, 0.05) is 30.4 Å². The molecule has 31 heavy (non-hydrogen) atoms. The van der Waals surface area contributed by atoms with E-state index >= 15 is 0 Å². The van der Waals surface area contributed by atoms with Crippen LogP contribution in [0.2, 0.25) is 0 Å². The van der Waals surface area contributed by atoms with E-state index in [9.17, 15) is 13.2 Å². The summed E-state index contributed by atoms with van der Waals surface area (Å²) in [4.78, 5) is 12.8. The second-order valence-corrected chi connectivity index (χ2v) is 10.1. The van der Waals surface area contributed by atoms with Crippen molar-refractivity contribution in [3.05, 3.63) is 48.0 Å². The molecule has 1 N–H and O–H groups in total. The largest absolute Gasteiger partial charge is 0.497 e. The summed E-state index contributed by atoms with van der Waals surface area (Å²) in [5.74, 6) is 1.08. The predicted octanol–water partition coefficient (Wildman–Crippen LogP) is 4.26. The van der Waals surface area contributed by atoms with Crippen LogP contribution in [0.1, 0.15) is 38.1 Å². The van der Waals surface area contributed by atoms with E-state index in [1.165, 1.54) is 30.7 Å². The van der Waals surface area contributed by atoms with Crippen LogP contribution in [-0.4, -0.2) is 45.9 Å². The number of hydrogen-bond donors (Lipinski definition) is 1. The second-order valence-electron chi connectivity index (χ2n) is 8.19. The van der Waals surface area contributed by atoms with Crippen LogP contribution in [0, 0.1) is 11.8 Å². The summed E-state index contributed by atoms with van der Waals surface area (Å²) < 4.78 is 38.1. The standard InChI is InChI=1S/C23H32N2O5S/c1-16(2)14-25(15-17(3)4)31(27,28)22-9-7-19(8-10-22)24-23(26)18-11-20(29-5)13-21(12-18)30-6/h7-13,16-17H,14-15H2,1-6H3,(H,24,26). The molecule has 0 saturated carbocycles. The van der Waals surface area contributed by atoms with Gasteiger partial charge in [0.05, 0.1) is 19.1 Å². The smallest absolute Gasteiger partial charge is 0.255 e. The third-order valence-corrected chi connectivity index (χ3v) is 6.35. The molecule has 0 fully saturated rings. The Morgan fingerprint density at radius 2 is 1.39 bits per heavy atom. The van der Waals surface area contributed by atoms with Gasteiger partial charge >= 0.3 is 0 Å². The zero-order valence-corrected chi connectivity index (χ0v) is 19.8. The van der Waals surface area contributed by atoms with Crippen LogP contribution in [0.15, 0.2) is 47.4 Å². The number of nitrogens with zero attached hydrogens (tertiary/aromatic N) is 1. The average Bonchev–Trinajstić information content (AvgIpc) is 2.72. The Morgan fingerprint density at radius 3 is 1.81 bits per heavy atom. The normalized spacial score (nSPS) is 11.8. The van der Waals surface area contributed by atoms with Gasteiger partial charge in [-0.15, -0.1) is 0 Å². The van der Waals surface area contributed by atoms with Crippen molar-refractivity contribution in [2.75, 3.05) is 32.6 Å². The first-order chi connectivity index (χ1) is 14.6. The van der Waals surface area contributed by atoms with Crippen molar-refractivity contribution < 1.29 is 22.7 Å². The topological polar surface area (TPSA) is 84.9 Å². The molecule has 0 aliphatic carbocycles.